The van der Waals surface area contributed by atoms with E-state index < -0.39 is 35.3 Å². The Hall–Kier alpha value is -2.37. The molecule has 0 spiro atoms. The Balaban J connectivity index is 1.57. The molecule has 36 heavy (non-hydrogen) atoms. The predicted octanol–water partition coefficient (Wildman–Crippen LogP) is 4.02. The fourth-order valence-corrected chi connectivity index (χ4v) is 5.28. The van der Waals surface area contributed by atoms with Crippen LogP contribution in [0.2, 0.25) is 5.02 Å². The number of rotatable bonds is 5. The van der Waals surface area contributed by atoms with Crippen molar-refractivity contribution in [2.24, 2.45) is 5.41 Å². The predicted molar refractivity (Wildman–Crippen MR) is 133 cm³/mol. The number of aromatic nitrogens is 4. The van der Waals surface area contributed by atoms with E-state index in [1.54, 1.807) is 19.9 Å². The van der Waals surface area contributed by atoms with Gasteiger partial charge in [-0.25, -0.2) is 19.3 Å². The largest absolute Gasteiger partial charge is 0.386 e. The Morgan fingerprint density at radius 1 is 1.28 bits per heavy atom. The maximum atomic E-state index is 15.3. The molecule has 9 nitrogen and oxygen atoms in total. The van der Waals surface area contributed by atoms with E-state index >= 15 is 4.39 Å². The highest BCUT2D eigenvalue weighted by atomic mass is 35.5. The smallest absolute Gasteiger partial charge is 0.223 e. The Morgan fingerprint density at radius 2 is 2.00 bits per heavy atom. The molecule has 3 aromatic rings. The van der Waals surface area contributed by atoms with Crippen LogP contribution in [0.3, 0.4) is 0 Å². The van der Waals surface area contributed by atoms with Crippen molar-refractivity contribution < 1.29 is 24.1 Å². The number of hydrogen-bond acceptors (Lipinski definition) is 8. The van der Waals surface area contributed by atoms with Gasteiger partial charge in [-0.1, -0.05) is 25.4 Å². The van der Waals surface area contributed by atoms with Crippen LogP contribution in [0.4, 0.5) is 10.3 Å². The van der Waals surface area contributed by atoms with Crippen molar-refractivity contribution in [2.75, 3.05) is 11.9 Å². The van der Waals surface area contributed by atoms with Crippen molar-refractivity contribution in [3.8, 4) is 11.3 Å². The fourth-order valence-electron chi connectivity index (χ4n) is 5.08. The third kappa shape index (κ3) is 4.05. The summed E-state index contributed by atoms with van der Waals surface area (Å²) < 4.78 is 28.5. The number of benzene rings is 1. The number of nitrogens with zero attached hydrogens (tertiary/aromatic N) is 4. The zero-order valence-electron chi connectivity index (χ0n) is 21.1. The lowest BCUT2D eigenvalue weighted by Crippen LogP contribution is -2.59. The number of aliphatic hydroxyl groups excluding tert-OH is 1. The quantitative estimate of drug-likeness (QED) is 0.463. The summed E-state index contributed by atoms with van der Waals surface area (Å²) in [5.41, 5.74) is -0.283. The second kappa shape index (κ2) is 8.59. The van der Waals surface area contributed by atoms with Gasteiger partial charge >= 0.3 is 0 Å². The minimum Gasteiger partial charge on any atom is -0.386 e. The second-order valence-corrected chi connectivity index (χ2v) is 11.3. The molecule has 2 aromatic heterocycles. The van der Waals surface area contributed by atoms with Gasteiger partial charge in [0.1, 0.15) is 23.0 Å². The van der Waals surface area contributed by atoms with E-state index in [1.807, 2.05) is 32.3 Å². The molecule has 4 atom stereocenters. The molecule has 2 saturated heterocycles. The van der Waals surface area contributed by atoms with Crippen molar-refractivity contribution in [1.29, 1.82) is 0 Å². The van der Waals surface area contributed by atoms with Crippen molar-refractivity contribution in [3.63, 3.8) is 0 Å². The van der Waals surface area contributed by atoms with Gasteiger partial charge in [-0.05, 0) is 39.8 Å². The minimum atomic E-state index is -1.26. The summed E-state index contributed by atoms with van der Waals surface area (Å²) in [5, 5.41) is 24.9. The molecule has 4 heterocycles. The summed E-state index contributed by atoms with van der Waals surface area (Å²) >= 11 is 6.47. The first-order valence-corrected chi connectivity index (χ1v) is 12.4. The van der Waals surface area contributed by atoms with Gasteiger partial charge in [0.15, 0.2) is 12.1 Å². The van der Waals surface area contributed by atoms with E-state index in [9.17, 15) is 10.2 Å². The average Bonchev–Trinajstić information content (AvgIpc) is 3.41. The van der Waals surface area contributed by atoms with E-state index in [2.05, 4.69) is 20.3 Å². The molecule has 194 valence electrons. The third-order valence-corrected chi connectivity index (χ3v) is 7.35. The van der Waals surface area contributed by atoms with E-state index in [4.69, 9.17) is 21.1 Å². The summed E-state index contributed by atoms with van der Waals surface area (Å²) in [5.74, 6) is 0.0569. The number of fused-ring (bicyclic) bond motifs is 3. The highest BCUT2D eigenvalue weighted by molar-refractivity contribution is 6.33. The van der Waals surface area contributed by atoms with Crippen LogP contribution in [0.25, 0.3) is 22.3 Å². The SMILES string of the molecule is CC(C)n1c(C(C)(C)O)nc2c(F)cc(-c3nc(NC4[C@H](O)[C@@H]5OC[C@@H](O5)C4(C)C)ncc3Cl)cc21. The lowest BCUT2D eigenvalue weighted by atomic mass is 9.75. The number of halogens is 2. The Kier molecular flexibility index (Phi) is 6.04. The maximum absolute atomic E-state index is 15.3. The molecular weight excluding hydrogens is 489 g/mol. The molecule has 1 unspecified atom stereocenters. The van der Waals surface area contributed by atoms with Crippen LogP contribution in [0, 0.1) is 11.2 Å². The standard InChI is InChI=1S/C25H31ClFN5O4/c1-11(2)32-15-8-12(7-14(27)18(15)29-22(32)25(5,6)34)17-13(26)9-28-23(30-17)31-20-19(33)21-35-10-16(36-21)24(20,3)4/h7-9,11,16,19-21,33-34H,10H2,1-6H3,(H,28,30,31)/t16-,19+,20?,21-/m1/s1. The number of aliphatic hydroxyl groups is 2. The zero-order valence-corrected chi connectivity index (χ0v) is 21.8. The van der Waals surface area contributed by atoms with Crippen molar-refractivity contribution >= 4 is 28.6 Å². The van der Waals surface area contributed by atoms with Gasteiger partial charge in [-0.2, -0.15) is 0 Å². The number of hydrogen-bond donors (Lipinski definition) is 3. The number of imidazole rings is 1. The lowest BCUT2D eigenvalue weighted by molar-refractivity contribution is -0.189. The topological polar surface area (TPSA) is 115 Å². The van der Waals surface area contributed by atoms with Gasteiger partial charge in [-0.15, -0.1) is 0 Å². The van der Waals surface area contributed by atoms with Crippen molar-refractivity contribution in [1.82, 2.24) is 19.5 Å². The molecule has 2 fully saturated rings. The molecule has 5 rings (SSSR count). The van der Waals surface area contributed by atoms with Gasteiger partial charge in [0.2, 0.25) is 5.95 Å². The van der Waals surface area contributed by atoms with Gasteiger partial charge in [0, 0.05) is 17.0 Å². The van der Waals surface area contributed by atoms with Crippen LogP contribution in [0.5, 0.6) is 0 Å². The number of anilines is 1. The number of ether oxygens (including phenoxy) is 2. The molecule has 2 aliphatic rings. The highest BCUT2D eigenvalue weighted by Crippen LogP contribution is 2.42. The van der Waals surface area contributed by atoms with Crippen LogP contribution < -0.4 is 5.32 Å². The van der Waals surface area contributed by atoms with Gasteiger partial charge in [0.05, 0.1) is 41.2 Å². The van der Waals surface area contributed by atoms with Crippen LogP contribution >= 0.6 is 11.6 Å². The molecular formula is C25H31ClFN5O4. The fraction of sp³-hybridized carbons (Fsp3) is 0.560. The first kappa shape index (κ1) is 25.3. The lowest BCUT2D eigenvalue weighted by Gasteiger charge is -2.44. The Labute approximate surface area is 213 Å². The molecule has 3 N–H and O–H groups in total. The summed E-state index contributed by atoms with van der Waals surface area (Å²) in [7, 11) is 0. The molecule has 2 aliphatic heterocycles. The van der Waals surface area contributed by atoms with Crippen LogP contribution in [-0.2, 0) is 15.1 Å². The van der Waals surface area contributed by atoms with E-state index in [1.165, 1.54) is 12.3 Å². The van der Waals surface area contributed by atoms with Gasteiger partial charge in [0.25, 0.3) is 0 Å². The molecule has 0 aliphatic carbocycles. The average molecular weight is 520 g/mol. The van der Waals surface area contributed by atoms with E-state index in [0.717, 1.165) is 0 Å². The summed E-state index contributed by atoms with van der Waals surface area (Å²) in [6.45, 7) is 11.5. The normalized spacial score (nSPS) is 25.6. The van der Waals surface area contributed by atoms with Crippen LogP contribution in [-0.4, -0.2) is 60.9 Å². The molecule has 0 radical (unpaired) electrons. The Bertz CT molecular complexity index is 1320. The van der Waals surface area contributed by atoms with Crippen LogP contribution in [0.15, 0.2) is 18.3 Å². The molecule has 2 bridgehead atoms. The molecule has 0 amide bonds. The third-order valence-electron chi connectivity index (χ3n) is 7.08. The number of nitrogens with one attached hydrogen (secondary N) is 1. The summed E-state index contributed by atoms with van der Waals surface area (Å²) in [4.78, 5) is 13.3. The molecule has 0 saturated carbocycles. The first-order valence-electron chi connectivity index (χ1n) is 12.0. The van der Waals surface area contributed by atoms with Crippen molar-refractivity contribution in [3.05, 3.63) is 35.0 Å². The zero-order chi connectivity index (χ0) is 26.2. The van der Waals surface area contributed by atoms with Gasteiger partial charge < -0.3 is 29.6 Å². The second-order valence-electron chi connectivity index (χ2n) is 10.9. The minimum absolute atomic E-state index is 0.0843. The van der Waals surface area contributed by atoms with Crippen LogP contribution in [0.1, 0.15) is 53.4 Å². The maximum Gasteiger partial charge on any atom is 0.223 e. The summed E-state index contributed by atoms with van der Waals surface area (Å²) in [6.07, 6.45) is -0.394. The monoisotopic (exact) mass is 519 g/mol. The van der Waals surface area contributed by atoms with E-state index in [-0.39, 0.29) is 28.6 Å². The van der Waals surface area contributed by atoms with E-state index in [0.29, 0.717) is 29.2 Å². The summed E-state index contributed by atoms with van der Waals surface area (Å²) in [6, 6.07) is 2.56. The Morgan fingerprint density at radius 3 is 2.67 bits per heavy atom. The molecule has 11 heteroatoms. The first-order chi connectivity index (χ1) is 16.8. The van der Waals surface area contributed by atoms with Crippen molar-refractivity contribution in [2.45, 2.75) is 77.7 Å². The highest BCUT2D eigenvalue weighted by Gasteiger charge is 2.55. The molecule has 1 aromatic carbocycles. The van der Waals surface area contributed by atoms with Gasteiger partial charge in [-0.3, -0.25) is 0 Å².